The van der Waals surface area contributed by atoms with E-state index in [1.165, 1.54) is 26.7 Å². The number of aryl methyl sites for hydroxylation is 1. The van der Waals surface area contributed by atoms with Crippen LogP contribution in [0.1, 0.15) is 5.01 Å². The Morgan fingerprint density at radius 2 is 2.26 bits per heavy atom. The largest absolute Gasteiger partial charge is 0.400 e. The van der Waals surface area contributed by atoms with E-state index in [0.29, 0.717) is 28.8 Å². The van der Waals surface area contributed by atoms with E-state index in [4.69, 9.17) is 11.1 Å². The van der Waals surface area contributed by atoms with Gasteiger partial charge in [-0.3, -0.25) is 9.36 Å². The second-order valence-corrected chi connectivity index (χ2v) is 7.07. The van der Waals surface area contributed by atoms with Crippen LogP contribution in [0.25, 0.3) is 21.3 Å². The van der Waals surface area contributed by atoms with Crippen molar-refractivity contribution in [2.24, 2.45) is 12.8 Å². The quantitative estimate of drug-likeness (QED) is 0.427. The third-order valence-corrected chi connectivity index (χ3v) is 5.29. The number of nitrogens with two attached hydrogens (primary N) is 1. The van der Waals surface area contributed by atoms with E-state index in [1.807, 2.05) is 0 Å². The van der Waals surface area contributed by atoms with Crippen molar-refractivity contribution in [2.75, 3.05) is 0 Å². The number of nitrogens with one attached hydrogen (secondary N) is 2. The van der Waals surface area contributed by atoms with Crippen LogP contribution in [0.3, 0.4) is 0 Å². The molecular formula is C16H16N8O2S. The van der Waals surface area contributed by atoms with E-state index in [9.17, 15) is 9.59 Å². The van der Waals surface area contributed by atoms with Crippen LogP contribution in [-0.2, 0) is 20.1 Å². The van der Waals surface area contributed by atoms with Crippen LogP contribution in [0.4, 0.5) is 0 Å². The summed E-state index contributed by atoms with van der Waals surface area (Å²) in [5, 5.41) is 12.7. The first kappa shape index (κ1) is 17.0. The van der Waals surface area contributed by atoms with E-state index in [1.54, 1.807) is 30.2 Å². The van der Waals surface area contributed by atoms with Crippen LogP contribution in [0.5, 0.6) is 0 Å². The minimum Gasteiger partial charge on any atom is -0.400 e. The van der Waals surface area contributed by atoms with Gasteiger partial charge < -0.3 is 20.7 Å². The molecule has 0 aliphatic heterocycles. The third-order valence-electron chi connectivity index (χ3n) is 4.23. The SMILES string of the molecule is Cn1c2nc(Cn3cc[nH]c3=O)sc2c2cnn(C/C(N)=C/C=N)c(=O)c21. The Kier molecular flexibility index (Phi) is 4.00. The van der Waals surface area contributed by atoms with Crippen LogP contribution in [0.15, 0.2) is 40.0 Å². The van der Waals surface area contributed by atoms with Crippen molar-refractivity contribution in [1.82, 2.24) is 28.9 Å². The Morgan fingerprint density at radius 3 is 2.96 bits per heavy atom. The number of nitrogens with zero attached hydrogens (tertiary/aromatic N) is 5. The van der Waals surface area contributed by atoms with Gasteiger partial charge in [-0.05, 0) is 6.08 Å². The topological polar surface area (TPSA) is 140 Å². The number of rotatable bonds is 5. The predicted molar refractivity (Wildman–Crippen MR) is 103 cm³/mol. The van der Waals surface area contributed by atoms with E-state index in [2.05, 4.69) is 15.1 Å². The molecule has 0 spiro atoms. The summed E-state index contributed by atoms with van der Waals surface area (Å²) < 4.78 is 5.39. The van der Waals surface area contributed by atoms with Gasteiger partial charge in [-0.1, -0.05) is 0 Å². The average Bonchev–Trinajstić information content (AvgIpc) is 3.29. The van der Waals surface area contributed by atoms with Gasteiger partial charge in [0.15, 0.2) is 5.65 Å². The highest BCUT2D eigenvalue weighted by molar-refractivity contribution is 7.19. The summed E-state index contributed by atoms with van der Waals surface area (Å²) in [7, 11) is 1.78. The number of allylic oxidation sites excluding steroid dienone is 2. The Labute approximate surface area is 155 Å². The molecule has 0 saturated heterocycles. The van der Waals surface area contributed by atoms with Gasteiger partial charge in [-0.2, -0.15) is 5.10 Å². The molecule has 0 aliphatic rings. The lowest BCUT2D eigenvalue weighted by Crippen LogP contribution is -2.26. The zero-order valence-corrected chi connectivity index (χ0v) is 15.2. The fourth-order valence-corrected chi connectivity index (χ4v) is 4.07. The first-order valence-corrected chi connectivity index (χ1v) is 8.84. The zero-order chi connectivity index (χ0) is 19.1. The number of aromatic nitrogens is 6. The van der Waals surface area contributed by atoms with Crippen molar-refractivity contribution in [1.29, 1.82) is 5.41 Å². The molecule has 0 aromatic carbocycles. The number of fused-ring (bicyclic) bond motifs is 3. The zero-order valence-electron chi connectivity index (χ0n) is 14.3. The summed E-state index contributed by atoms with van der Waals surface area (Å²) in [6, 6.07) is 0. The molecule has 0 radical (unpaired) electrons. The highest BCUT2D eigenvalue weighted by atomic mass is 32.1. The van der Waals surface area contributed by atoms with Gasteiger partial charge in [-0.25, -0.2) is 14.5 Å². The first-order valence-electron chi connectivity index (χ1n) is 8.02. The Morgan fingerprint density at radius 1 is 1.44 bits per heavy atom. The molecule has 27 heavy (non-hydrogen) atoms. The molecule has 0 fully saturated rings. The molecule has 11 heteroatoms. The molecule has 138 valence electrons. The molecule has 4 aromatic rings. The minimum atomic E-state index is -0.273. The summed E-state index contributed by atoms with van der Waals surface area (Å²) >= 11 is 1.43. The van der Waals surface area contributed by atoms with Crippen molar-refractivity contribution in [3.63, 3.8) is 0 Å². The highest BCUT2D eigenvalue weighted by Gasteiger charge is 2.18. The number of thiazole rings is 1. The summed E-state index contributed by atoms with van der Waals surface area (Å²) in [5.74, 6) is 0. The molecular weight excluding hydrogens is 368 g/mol. The van der Waals surface area contributed by atoms with Crippen LogP contribution in [0.2, 0.25) is 0 Å². The van der Waals surface area contributed by atoms with Crippen molar-refractivity contribution >= 4 is 38.8 Å². The summed E-state index contributed by atoms with van der Waals surface area (Å²) in [6.45, 7) is 0.469. The lowest BCUT2D eigenvalue weighted by Gasteiger charge is -2.05. The second kappa shape index (κ2) is 6.36. The molecule has 0 aliphatic carbocycles. The number of imidazole rings is 1. The molecule has 0 bridgehead atoms. The average molecular weight is 384 g/mol. The van der Waals surface area contributed by atoms with Crippen molar-refractivity contribution in [2.45, 2.75) is 13.1 Å². The maximum atomic E-state index is 12.8. The third kappa shape index (κ3) is 2.77. The maximum absolute atomic E-state index is 12.8. The van der Waals surface area contributed by atoms with Gasteiger partial charge in [0.05, 0.1) is 24.0 Å². The normalized spacial score (nSPS) is 12.3. The summed E-state index contributed by atoms with van der Waals surface area (Å²) in [6.07, 6.45) is 7.35. The standard InChI is InChI=1S/C16H16N8O2S/c1-22-12-10(6-20-24(15(12)25)7-9(18)2-3-17)13-14(22)21-11(27-13)8-23-5-4-19-16(23)26/h2-6,17H,7-8,18H2,1H3,(H,19,26)/b9-2-,17-3?. The van der Waals surface area contributed by atoms with Gasteiger partial charge in [0, 0.05) is 36.7 Å². The summed E-state index contributed by atoms with van der Waals surface area (Å²) in [4.78, 5) is 31.7. The lowest BCUT2D eigenvalue weighted by atomic mass is 10.3. The van der Waals surface area contributed by atoms with Gasteiger partial charge in [-0.15, -0.1) is 11.3 Å². The highest BCUT2D eigenvalue weighted by Crippen LogP contribution is 2.30. The van der Waals surface area contributed by atoms with Crippen LogP contribution in [0, 0.1) is 5.41 Å². The lowest BCUT2D eigenvalue weighted by molar-refractivity contribution is 0.632. The van der Waals surface area contributed by atoms with E-state index in [-0.39, 0.29) is 17.8 Å². The predicted octanol–water partition coefficient (Wildman–Crippen LogP) is 0.375. The molecule has 4 N–H and O–H groups in total. The number of hydrogen-bond acceptors (Lipinski definition) is 7. The Bertz CT molecular complexity index is 1320. The molecule has 0 amide bonds. The van der Waals surface area contributed by atoms with Crippen LogP contribution in [-0.4, -0.2) is 35.1 Å². The number of H-pyrrole nitrogens is 1. The van der Waals surface area contributed by atoms with E-state index in [0.717, 1.165) is 15.9 Å². The Balaban J connectivity index is 1.81. The molecule has 10 nitrogen and oxygen atoms in total. The molecule has 0 unspecified atom stereocenters. The fraction of sp³-hybridized carbons (Fsp3) is 0.188. The first-order chi connectivity index (χ1) is 13.0. The smallest absolute Gasteiger partial charge is 0.325 e. The van der Waals surface area contributed by atoms with Gasteiger partial charge in [0.2, 0.25) is 0 Å². The molecule has 4 aromatic heterocycles. The Hall–Kier alpha value is -3.47. The van der Waals surface area contributed by atoms with Crippen molar-refractivity contribution < 1.29 is 0 Å². The van der Waals surface area contributed by atoms with E-state index < -0.39 is 0 Å². The molecule has 0 atom stereocenters. The molecule has 0 saturated carbocycles. The number of hydrogen-bond donors (Lipinski definition) is 3. The summed E-state index contributed by atoms with van der Waals surface area (Å²) in [5.41, 5.74) is 6.85. The molecule has 4 heterocycles. The maximum Gasteiger partial charge on any atom is 0.325 e. The van der Waals surface area contributed by atoms with Gasteiger partial charge in [0.25, 0.3) is 5.56 Å². The second-order valence-electron chi connectivity index (χ2n) is 5.99. The fourth-order valence-electron chi connectivity index (χ4n) is 2.96. The van der Waals surface area contributed by atoms with Crippen LogP contribution >= 0.6 is 11.3 Å². The van der Waals surface area contributed by atoms with E-state index >= 15 is 0 Å². The van der Waals surface area contributed by atoms with Gasteiger partial charge in [0.1, 0.15) is 10.5 Å². The molecule has 4 rings (SSSR count). The number of aromatic amines is 1. The van der Waals surface area contributed by atoms with Crippen molar-refractivity contribution in [3.05, 3.63) is 56.2 Å². The van der Waals surface area contributed by atoms with Crippen LogP contribution < -0.4 is 17.0 Å². The minimum absolute atomic E-state index is 0.109. The van der Waals surface area contributed by atoms with Gasteiger partial charge >= 0.3 is 5.69 Å². The monoisotopic (exact) mass is 384 g/mol. The van der Waals surface area contributed by atoms with Crippen molar-refractivity contribution in [3.8, 4) is 0 Å².